The summed E-state index contributed by atoms with van der Waals surface area (Å²) in [6, 6.07) is 25.1. The number of hydrogen-bond acceptors (Lipinski definition) is 6. The molecule has 8 heteroatoms. The lowest BCUT2D eigenvalue weighted by molar-refractivity contribution is -0.165. The molecular weight excluding hydrogens is 554 g/mol. The molecule has 0 heterocycles. The number of rotatable bonds is 14. The minimum absolute atomic E-state index is 0.182. The standard InChI is InChI=1S/C36H47N3O5/c1-7-43-31(35(42)44-37)30(20-14-15-26-21-22-29(24(2)23-26)28-18-12-9-13-19-28)33(40)39-32(36(4,5)6)34(41)38-25(3)27-16-10-8-11-17-27/h8-13,16-19,21-23,25,30-32H,7,14-15,20,37H2,1-6H3,(H,38,41)(H,39,40)/t25-,30-,31+,32-/m1/s1. The van der Waals surface area contributed by atoms with Gasteiger partial charge in [0.15, 0.2) is 6.10 Å². The van der Waals surface area contributed by atoms with E-state index in [4.69, 9.17) is 10.6 Å². The summed E-state index contributed by atoms with van der Waals surface area (Å²) in [5.74, 6) is 2.72. The summed E-state index contributed by atoms with van der Waals surface area (Å²) in [5, 5.41) is 5.96. The Kier molecular flexibility index (Phi) is 12.7. The van der Waals surface area contributed by atoms with Gasteiger partial charge in [-0.25, -0.2) is 4.79 Å². The Morgan fingerprint density at radius 2 is 1.52 bits per heavy atom. The van der Waals surface area contributed by atoms with E-state index in [1.165, 1.54) is 5.56 Å². The first-order valence-corrected chi connectivity index (χ1v) is 15.3. The zero-order valence-corrected chi connectivity index (χ0v) is 26.8. The minimum atomic E-state index is -1.21. The predicted molar refractivity (Wildman–Crippen MR) is 173 cm³/mol. The van der Waals surface area contributed by atoms with Crippen LogP contribution in [0.1, 0.15) is 70.2 Å². The highest BCUT2D eigenvalue weighted by Gasteiger charge is 2.40. The van der Waals surface area contributed by atoms with Crippen LogP contribution < -0.4 is 16.5 Å². The fourth-order valence-corrected chi connectivity index (χ4v) is 5.41. The van der Waals surface area contributed by atoms with Crippen LogP contribution in [0.25, 0.3) is 11.1 Å². The zero-order valence-electron chi connectivity index (χ0n) is 26.8. The van der Waals surface area contributed by atoms with Gasteiger partial charge in [-0.05, 0) is 73.3 Å². The van der Waals surface area contributed by atoms with Crippen molar-refractivity contribution in [3.8, 4) is 11.1 Å². The Labute approximate surface area is 261 Å². The van der Waals surface area contributed by atoms with E-state index in [-0.39, 0.29) is 18.6 Å². The maximum absolute atomic E-state index is 13.9. The summed E-state index contributed by atoms with van der Waals surface area (Å²) >= 11 is 0. The molecule has 0 bridgehead atoms. The quantitative estimate of drug-likeness (QED) is 0.200. The van der Waals surface area contributed by atoms with Crippen LogP contribution >= 0.6 is 0 Å². The Morgan fingerprint density at radius 1 is 0.886 bits per heavy atom. The zero-order chi connectivity index (χ0) is 32.3. The summed E-state index contributed by atoms with van der Waals surface area (Å²) < 4.78 is 5.70. The van der Waals surface area contributed by atoms with Gasteiger partial charge in [0.2, 0.25) is 11.8 Å². The average molecular weight is 602 g/mol. The second-order valence-electron chi connectivity index (χ2n) is 12.3. The molecule has 8 nitrogen and oxygen atoms in total. The second-order valence-corrected chi connectivity index (χ2v) is 12.3. The lowest BCUT2D eigenvalue weighted by Gasteiger charge is -2.33. The average Bonchev–Trinajstić information content (AvgIpc) is 3.00. The van der Waals surface area contributed by atoms with Gasteiger partial charge in [-0.3, -0.25) is 9.59 Å². The molecule has 3 aromatic carbocycles. The van der Waals surface area contributed by atoms with Crippen LogP contribution in [0.5, 0.6) is 0 Å². The number of benzene rings is 3. The lowest BCUT2D eigenvalue weighted by Crippen LogP contribution is -2.56. The van der Waals surface area contributed by atoms with Gasteiger partial charge in [0.25, 0.3) is 0 Å². The molecule has 3 rings (SSSR count). The molecule has 4 N–H and O–H groups in total. The van der Waals surface area contributed by atoms with Crippen molar-refractivity contribution in [2.24, 2.45) is 17.2 Å². The first-order valence-electron chi connectivity index (χ1n) is 15.3. The third kappa shape index (κ3) is 9.49. The predicted octanol–water partition coefficient (Wildman–Crippen LogP) is 5.83. The van der Waals surface area contributed by atoms with Crippen LogP contribution in [-0.4, -0.2) is 36.5 Å². The Morgan fingerprint density at radius 3 is 2.09 bits per heavy atom. The van der Waals surface area contributed by atoms with E-state index < -0.39 is 35.4 Å². The number of carbonyl (C=O) groups excluding carboxylic acids is 3. The van der Waals surface area contributed by atoms with Crippen molar-refractivity contribution in [2.45, 2.75) is 79.0 Å². The van der Waals surface area contributed by atoms with Crippen molar-refractivity contribution in [3.05, 3.63) is 95.6 Å². The smallest absolute Gasteiger partial charge is 0.354 e. The Balaban J connectivity index is 1.78. The van der Waals surface area contributed by atoms with Gasteiger partial charge < -0.3 is 20.2 Å². The number of nitrogens with one attached hydrogen (secondary N) is 2. The highest BCUT2D eigenvalue weighted by molar-refractivity contribution is 5.92. The van der Waals surface area contributed by atoms with Gasteiger partial charge in [0.05, 0.1) is 12.0 Å². The normalized spacial score (nSPS) is 14.2. The van der Waals surface area contributed by atoms with E-state index in [1.807, 2.05) is 76.2 Å². The fourth-order valence-electron chi connectivity index (χ4n) is 5.41. The number of hydrogen-bond donors (Lipinski definition) is 3. The third-order valence-electron chi connectivity index (χ3n) is 7.83. The molecule has 0 aliphatic rings. The van der Waals surface area contributed by atoms with Crippen LogP contribution in [0, 0.1) is 18.3 Å². The van der Waals surface area contributed by atoms with Crippen LogP contribution in [-0.2, 0) is 30.4 Å². The van der Waals surface area contributed by atoms with E-state index >= 15 is 0 Å². The molecule has 2 amide bonds. The summed E-state index contributed by atoms with van der Waals surface area (Å²) in [7, 11) is 0. The second kappa shape index (κ2) is 16.2. The highest BCUT2D eigenvalue weighted by atomic mass is 16.7. The van der Waals surface area contributed by atoms with Gasteiger partial charge in [0.1, 0.15) is 6.04 Å². The van der Waals surface area contributed by atoms with Crippen molar-refractivity contribution in [2.75, 3.05) is 6.61 Å². The first-order chi connectivity index (χ1) is 21.0. The van der Waals surface area contributed by atoms with Crippen LogP contribution in [0.3, 0.4) is 0 Å². The molecule has 0 saturated heterocycles. The van der Waals surface area contributed by atoms with Crippen molar-refractivity contribution < 1.29 is 24.0 Å². The minimum Gasteiger partial charge on any atom is -0.371 e. The fraction of sp³-hybridized carbons (Fsp3) is 0.417. The maximum Gasteiger partial charge on any atom is 0.354 e. The van der Waals surface area contributed by atoms with E-state index in [1.54, 1.807) is 6.92 Å². The molecule has 0 unspecified atom stereocenters. The Bertz CT molecular complexity index is 1370. The molecule has 236 valence electrons. The molecule has 0 fully saturated rings. The molecule has 4 atom stereocenters. The van der Waals surface area contributed by atoms with E-state index in [2.05, 4.69) is 52.7 Å². The molecule has 0 aliphatic heterocycles. The molecule has 0 aliphatic carbocycles. The summed E-state index contributed by atoms with van der Waals surface area (Å²) in [5.41, 5.74) is 4.94. The lowest BCUT2D eigenvalue weighted by atomic mass is 9.84. The van der Waals surface area contributed by atoms with Crippen LogP contribution in [0.15, 0.2) is 78.9 Å². The SMILES string of the molecule is CCO[C@H](C(=O)ON)[C@@H](CCCc1ccc(-c2ccccc2)c(C)c1)C(=O)N[C@H](C(=O)N[C@H](C)c1ccccc1)C(C)(C)C. The van der Waals surface area contributed by atoms with Crippen LogP contribution in [0.2, 0.25) is 0 Å². The number of amides is 2. The van der Waals surface area contributed by atoms with Crippen LogP contribution in [0.4, 0.5) is 0 Å². The molecule has 0 spiro atoms. The molecular formula is C36H47N3O5. The summed E-state index contributed by atoms with van der Waals surface area (Å²) in [6.07, 6.45) is 0.401. The topological polar surface area (TPSA) is 120 Å². The number of aryl methyl sites for hydroxylation is 2. The maximum atomic E-state index is 13.9. The summed E-state index contributed by atoms with van der Waals surface area (Å²) in [4.78, 5) is 44.6. The van der Waals surface area contributed by atoms with Gasteiger partial charge in [0, 0.05) is 6.61 Å². The van der Waals surface area contributed by atoms with Gasteiger partial charge >= 0.3 is 5.97 Å². The van der Waals surface area contributed by atoms with Crippen molar-refractivity contribution in [1.29, 1.82) is 0 Å². The number of ether oxygens (including phenoxy) is 1. The largest absolute Gasteiger partial charge is 0.371 e. The third-order valence-corrected chi connectivity index (χ3v) is 7.83. The molecule has 44 heavy (non-hydrogen) atoms. The van der Waals surface area contributed by atoms with Crippen molar-refractivity contribution in [1.82, 2.24) is 10.6 Å². The van der Waals surface area contributed by atoms with Gasteiger partial charge in [-0.2, -0.15) is 5.90 Å². The molecule has 3 aromatic rings. The molecule has 0 saturated carbocycles. The monoisotopic (exact) mass is 601 g/mol. The highest BCUT2D eigenvalue weighted by Crippen LogP contribution is 2.27. The van der Waals surface area contributed by atoms with Gasteiger partial charge in [-0.1, -0.05) is 99.6 Å². The van der Waals surface area contributed by atoms with Gasteiger partial charge in [-0.15, -0.1) is 0 Å². The molecule has 0 radical (unpaired) electrons. The Hall–Kier alpha value is -4.01. The number of nitrogens with two attached hydrogens (primary N) is 1. The number of carbonyl (C=O) groups is 3. The first kappa shape index (κ1) is 34.5. The molecule has 0 aromatic heterocycles. The van der Waals surface area contributed by atoms with E-state index in [0.717, 1.165) is 22.3 Å². The summed E-state index contributed by atoms with van der Waals surface area (Å²) in [6.45, 7) is 11.6. The van der Waals surface area contributed by atoms with E-state index in [9.17, 15) is 14.4 Å². The van der Waals surface area contributed by atoms with Crippen molar-refractivity contribution in [3.63, 3.8) is 0 Å². The van der Waals surface area contributed by atoms with E-state index in [0.29, 0.717) is 19.3 Å². The van der Waals surface area contributed by atoms with Crippen molar-refractivity contribution >= 4 is 17.8 Å².